The van der Waals surface area contributed by atoms with Gasteiger partial charge in [-0.3, -0.25) is 15.5 Å². The largest absolute Gasteiger partial charge is 0.422 e. The third-order valence-electron chi connectivity index (χ3n) is 3.80. The Bertz CT molecular complexity index is 1070. The highest BCUT2D eigenvalue weighted by Crippen LogP contribution is 2.23. The van der Waals surface area contributed by atoms with E-state index in [1.165, 1.54) is 18.3 Å². The van der Waals surface area contributed by atoms with Crippen LogP contribution in [0.5, 0.6) is 5.75 Å². The Hall–Kier alpha value is -3.59. The second-order valence-corrected chi connectivity index (χ2v) is 6.88. The number of pyridine rings is 1. The minimum Gasteiger partial charge on any atom is -0.422 e. The number of benzene rings is 2. The lowest BCUT2D eigenvalue weighted by Crippen LogP contribution is -2.10. The molecule has 0 amide bonds. The molecule has 0 aliphatic heterocycles. The van der Waals surface area contributed by atoms with Crippen LogP contribution in [0.15, 0.2) is 70.4 Å². The quantitative estimate of drug-likeness (QED) is 0.189. The number of anilines is 1. The molecule has 1 heterocycles. The van der Waals surface area contributed by atoms with E-state index in [-0.39, 0.29) is 5.69 Å². The van der Waals surface area contributed by atoms with Crippen LogP contribution >= 0.6 is 15.9 Å². The molecule has 0 saturated carbocycles. The number of halogens is 1. The molecule has 3 aromatic rings. The number of aromatic nitrogens is 1. The van der Waals surface area contributed by atoms with E-state index in [1.807, 2.05) is 19.1 Å². The average Bonchev–Trinajstić information content (AvgIpc) is 2.70. The summed E-state index contributed by atoms with van der Waals surface area (Å²) >= 11 is 3.38. The van der Waals surface area contributed by atoms with Crippen LogP contribution in [0.2, 0.25) is 0 Å². The van der Waals surface area contributed by atoms with Gasteiger partial charge in [0.25, 0.3) is 5.69 Å². The smallest absolute Gasteiger partial charge is 0.343 e. The molecule has 0 aliphatic carbocycles. The summed E-state index contributed by atoms with van der Waals surface area (Å²) in [6.45, 7) is 1.94. The molecule has 2 aromatic carbocycles. The van der Waals surface area contributed by atoms with Crippen molar-refractivity contribution in [3.63, 3.8) is 0 Å². The molecule has 0 saturated heterocycles. The number of hydrogen-bond donors (Lipinski definition) is 1. The number of esters is 1. The summed E-state index contributed by atoms with van der Waals surface area (Å²) in [4.78, 5) is 26.4. The van der Waals surface area contributed by atoms with E-state index in [0.717, 1.165) is 16.2 Å². The van der Waals surface area contributed by atoms with E-state index < -0.39 is 10.9 Å². The van der Waals surface area contributed by atoms with Crippen LogP contribution in [0.3, 0.4) is 0 Å². The zero-order valence-corrected chi connectivity index (χ0v) is 16.8. The average molecular weight is 455 g/mol. The molecular formula is C20H15BrN4O4. The molecule has 29 heavy (non-hydrogen) atoms. The van der Waals surface area contributed by atoms with Gasteiger partial charge >= 0.3 is 5.97 Å². The molecule has 0 bridgehead atoms. The predicted octanol–water partition coefficient (Wildman–Crippen LogP) is 4.73. The van der Waals surface area contributed by atoms with Crippen LogP contribution in [-0.2, 0) is 0 Å². The van der Waals surface area contributed by atoms with Crippen LogP contribution in [0.4, 0.5) is 11.5 Å². The fourth-order valence-electron chi connectivity index (χ4n) is 2.29. The number of hydrogen-bond acceptors (Lipinski definition) is 7. The summed E-state index contributed by atoms with van der Waals surface area (Å²) in [5, 5.41) is 14.7. The van der Waals surface area contributed by atoms with Gasteiger partial charge in [0.2, 0.25) is 0 Å². The highest BCUT2D eigenvalue weighted by molar-refractivity contribution is 9.10. The van der Waals surface area contributed by atoms with Crippen LogP contribution in [-0.4, -0.2) is 22.1 Å². The van der Waals surface area contributed by atoms with Crippen molar-refractivity contribution in [3.8, 4) is 5.75 Å². The van der Waals surface area contributed by atoms with E-state index in [9.17, 15) is 14.9 Å². The highest BCUT2D eigenvalue weighted by Gasteiger charge is 2.11. The summed E-state index contributed by atoms with van der Waals surface area (Å²) in [6, 6.07) is 15.0. The van der Waals surface area contributed by atoms with Gasteiger partial charge in [0.05, 0.1) is 16.7 Å². The minimum absolute atomic E-state index is 0.114. The molecule has 146 valence electrons. The van der Waals surface area contributed by atoms with Crippen molar-refractivity contribution < 1.29 is 14.5 Å². The van der Waals surface area contributed by atoms with Gasteiger partial charge in [0.15, 0.2) is 0 Å². The number of aryl methyl sites for hydroxylation is 1. The van der Waals surface area contributed by atoms with E-state index >= 15 is 0 Å². The maximum atomic E-state index is 12.4. The van der Waals surface area contributed by atoms with Gasteiger partial charge in [-0.15, -0.1) is 0 Å². The fraction of sp³-hybridized carbons (Fsp3) is 0.0500. The van der Waals surface area contributed by atoms with Crippen molar-refractivity contribution in [1.82, 2.24) is 4.98 Å². The number of ether oxygens (including phenoxy) is 1. The lowest BCUT2D eigenvalue weighted by Gasteiger charge is -2.08. The number of nitro groups is 1. The lowest BCUT2D eigenvalue weighted by atomic mass is 10.1. The summed E-state index contributed by atoms with van der Waals surface area (Å²) in [5.41, 5.74) is 4.60. The predicted molar refractivity (Wildman–Crippen MR) is 112 cm³/mol. The number of rotatable bonds is 6. The van der Waals surface area contributed by atoms with Gasteiger partial charge in [0.1, 0.15) is 17.8 Å². The normalized spacial score (nSPS) is 10.7. The molecule has 1 aromatic heterocycles. The molecule has 0 spiro atoms. The van der Waals surface area contributed by atoms with Crippen LogP contribution in [0, 0.1) is 17.0 Å². The zero-order valence-electron chi connectivity index (χ0n) is 15.2. The SMILES string of the molecule is Cc1ccc(C(=O)Oc2ccc(Br)cc2/C=N\Nc2ccc([N+](=O)[O-])cn2)cc1. The summed E-state index contributed by atoms with van der Waals surface area (Å²) in [5.74, 6) is 0.188. The number of hydrazone groups is 1. The number of nitrogens with one attached hydrogen (secondary N) is 1. The molecule has 9 heteroatoms. The van der Waals surface area contributed by atoms with Gasteiger partial charge in [-0.25, -0.2) is 9.78 Å². The minimum atomic E-state index is -0.532. The zero-order chi connectivity index (χ0) is 20.8. The van der Waals surface area contributed by atoms with Crippen molar-refractivity contribution in [2.24, 2.45) is 5.10 Å². The molecule has 0 atom stereocenters. The van der Waals surface area contributed by atoms with Crippen molar-refractivity contribution in [2.45, 2.75) is 6.92 Å². The Kier molecular flexibility index (Phi) is 6.30. The first-order chi connectivity index (χ1) is 13.9. The van der Waals surface area contributed by atoms with Crippen molar-refractivity contribution >= 4 is 39.6 Å². The summed E-state index contributed by atoms with van der Waals surface area (Å²) in [7, 11) is 0. The molecule has 0 unspecified atom stereocenters. The third kappa shape index (κ3) is 5.45. The second kappa shape index (κ2) is 9.07. The maximum Gasteiger partial charge on any atom is 0.343 e. The van der Waals surface area contributed by atoms with Gasteiger partial charge in [-0.1, -0.05) is 33.6 Å². The van der Waals surface area contributed by atoms with E-state index in [0.29, 0.717) is 22.7 Å². The molecule has 0 aliphatic rings. The van der Waals surface area contributed by atoms with Gasteiger partial charge < -0.3 is 4.74 Å². The number of carbonyl (C=O) groups excluding carboxylic acids is 1. The Labute approximate surface area is 174 Å². The highest BCUT2D eigenvalue weighted by atomic mass is 79.9. The van der Waals surface area contributed by atoms with Gasteiger partial charge in [-0.05, 0) is 43.3 Å². The Morgan fingerprint density at radius 1 is 1.21 bits per heavy atom. The Balaban J connectivity index is 1.74. The molecule has 3 rings (SSSR count). The number of carbonyl (C=O) groups is 1. The van der Waals surface area contributed by atoms with Crippen LogP contribution < -0.4 is 10.2 Å². The Morgan fingerprint density at radius 2 is 1.97 bits per heavy atom. The lowest BCUT2D eigenvalue weighted by molar-refractivity contribution is -0.385. The second-order valence-electron chi connectivity index (χ2n) is 5.97. The first-order valence-electron chi connectivity index (χ1n) is 8.40. The van der Waals surface area contributed by atoms with E-state index in [4.69, 9.17) is 4.74 Å². The third-order valence-corrected chi connectivity index (χ3v) is 4.30. The van der Waals surface area contributed by atoms with Crippen molar-refractivity contribution in [3.05, 3.63) is 92.1 Å². The van der Waals surface area contributed by atoms with E-state index in [2.05, 4.69) is 31.4 Å². The van der Waals surface area contributed by atoms with Crippen molar-refractivity contribution in [1.29, 1.82) is 0 Å². The van der Waals surface area contributed by atoms with Crippen molar-refractivity contribution in [2.75, 3.05) is 5.43 Å². The first-order valence-corrected chi connectivity index (χ1v) is 9.19. The van der Waals surface area contributed by atoms with E-state index in [1.54, 1.807) is 30.3 Å². The molecule has 0 radical (unpaired) electrons. The standard InChI is InChI=1S/C20H15BrN4O4/c1-13-2-4-14(5-3-13)20(26)29-18-8-6-16(21)10-15(18)11-23-24-19-9-7-17(12-22-19)25(27)28/h2-12H,1H3,(H,22,24)/b23-11-. The topological polar surface area (TPSA) is 107 Å². The Morgan fingerprint density at radius 3 is 2.62 bits per heavy atom. The summed E-state index contributed by atoms with van der Waals surface area (Å²) < 4.78 is 6.28. The molecular weight excluding hydrogens is 440 g/mol. The fourth-order valence-corrected chi connectivity index (χ4v) is 2.67. The van der Waals surface area contributed by atoms with Crippen LogP contribution in [0.1, 0.15) is 21.5 Å². The monoisotopic (exact) mass is 454 g/mol. The van der Waals surface area contributed by atoms with Gasteiger partial charge in [0, 0.05) is 16.1 Å². The summed E-state index contributed by atoms with van der Waals surface area (Å²) in [6.07, 6.45) is 2.59. The number of nitrogens with zero attached hydrogens (tertiary/aromatic N) is 3. The maximum absolute atomic E-state index is 12.4. The first kappa shape index (κ1) is 20.2. The van der Waals surface area contributed by atoms with Gasteiger partial charge in [-0.2, -0.15) is 5.10 Å². The molecule has 8 nitrogen and oxygen atoms in total. The van der Waals surface area contributed by atoms with Crippen LogP contribution in [0.25, 0.3) is 0 Å². The molecule has 1 N–H and O–H groups in total. The molecule has 0 fully saturated rings.